The van der Waals surface area contributed by atoms with E-state index in [2.05, 4.69) is 4.72 Å². The normalized spacial score (nSPS) is 20.3. The smallest absolute Gasteiger partial charge is 0.225 e. The van der Waals surface area contributed by atoms with Crippen LogP contribution in [0.2, 0.25) is 0 Å². The number of nitrogens with two attached hydrogens (primary N) is 1. The number of carbonyl (C=O) groups excluding carboxylic acids is 1. The molecule has 1 amide bonds. The van der Waals surface area contributed by atoms with E-state index in [9.17, 15) is 13.2 Å². The molecule has 0 aliphatic carbocycles. The Morgan fingerprint density at radius 1 is 1.29 bits per heavy atom. The van der Waals surface area contributed by atoms with Gasteiger partial charge in [0.15, 0.2) is 0 Å². The number of hydrogen-bond donors (Lipinski definition) is 2. The fourth-order valence-corrected chi connectivity index (χ4v) is 3.54. The molecule has 0 aromatic heterocycles. The molecule has 7 heteroatoms. The maximum atomic E-state index is 12.3. The number of amides is 1. The van der Waals surface area contributed by atoms with E-state index >= 15 is 0 Å². The zero-order valence-corrected chi connectivity index (χ0v) is 14.2. The molecule has 1 fully saturated rings. The van der Waals surface area contributed by atoms with Gasteiger partial charge in [0, 0.05) is 31.1 Å². The first kappa shape index (κ1) is 18.4. The van der Waals surface area contributed by atoms with Crippen molar-refractivity contribution in [2.75, 3.05) is 19.3 Å². The van der Waals surface area contributed by atoms with Gasteiger partial charge in [-0.25, -0.2) is 13.1 Å². The van der Waals surface area contributed by atoms with Crippen LogP contribution in [0.25, 0.3) is 0 Å². The van der Waals surface area contributed by atoms with Gasteiger partial charge in [0.1, 0.15) is 0 Å². The summed E-state index contributed by atoms with van der Waals surface area (Å²) in [5.41, 5.74) is 5.71. The monoisotopic (exact) mass is 319 g/mol. The van der Waals surface area contributed by atoms with Gasteiger partial charge < -0.3 is 10.6 Å². The first-order chi connectivity index (χ1) is 9.69. The van der Waals surface area contributed by atoms with Crippen molar-refractivity contribution in [1.82, 2.24) is 9.62 Å². The van der Waals surface area contributed by atoms with E-state index in [1.165, 1.54) is 6.26 Å². The largest absolute Gasteiger partial charge is 0.342 e. The molecular weight excluding hydrogens is 290 g/mol. The summed E-state index contributed by atoms with van der Waals surface area (Å²) in [5.74, 6) is 0.195. The Morgan fingerprint density at radius 2 is 1.86 bits per heavy atom. The molecule has 2 unspecified atom stereocenters. The zero-order valence-electron chi connectivity index (χ0n) is 13.3. The van der Waals surface area contributed by atoms with Crippen LogP contribution in [-0.2, 0) is 14.8 Å². The highest BCUT2D eigenvalue weighted by molar-refractivity contribution is 7.88. The minimum absolute atomic E-state index is 0.0168. The highest BCUT2D eigenvalue weighted by Gasteiger charge is 2.26. The Balaban J connectivity index is 2.34. The van der Waals surface area contributed by atoms with E-state index in [0.717, 1.165) is 19.3 Å². The van der Waals surface area contributed by atoms with E-state index in [-0.39, 0.29) is 23.9 Å². The lowest BCUT2D eigenvalue weighted by Gasteiger charge is -2.33. The maximum absolute atomic E-state index is 12.3. The van der Waals surface area contributed by atoms with Crippen LogP contribution in [0, 0.1) is 5.92 Å². The average Bonchev–Trinajstić information content (AvgIpc) is 2.36. The molecule has 1 rings (SSSR count). The van der Waals surface area contributed by atoms with E-state index in [4.69, 9.17) is 5.73 Å². The summed E-state index contributed by atoms with van der Waals surface area (Å²) in [7, 11) is -3.16. The zero-order chi connectivity index (χ0) is 16.0. The van der Waals surface area contributed by atoms with Crippen LogP contribution in [0.4, 0.5) is 0 Å². The van der Waals surface area contributed by atoms with Crippen molar-refractivity contribution in [3.8, 4) is 0 Å². The van der Waals surface area contributed by atoms with Gasteiger partial charge in [-0.15, -0.1) is 0 Å². The molecule has 21 heavy (non-hydrogen) atoms. The molecule has 0 bridgehead atoms. The Morgan fingerprint density at radius 3 is 2.33 bits per heavy atom. The molecule has 1 aliphatic heterocycles. The molecular formula is C14H29N3O3S. The summed E-state index contributed by atoms with van der Waals surface area (Å²) in [6.07, 6.45) is 5.32. The van der Waals surface area contributed by atoms with Crippen molar-refractivity contribution in [2.24, 2.45) is 11.7 Å². The average molecular weight is 319 g/mol. The summed E-state index contributed by atoms with van der Waals surface area (Å²) in [6.45, 7) is 5.20. The standard InChI is InChI=1S/C14H29N3O3S/c1-11(5-4-6-12(2)15)14(18)17-9-7-13(8-10-17)16-21(3,19)20/h11-13,16H,4-10,15H2,1-3H3. The van der Waals surface area contributed by atoms with Crippen LogP contribution in [0.3, 0.4) is 0 Å². The van der Waals surface area contributed by atoms with Gasteiger partial charge in [-0.05, 0) is 32.6 Å². The summed E-state index contributed by atoms with van der Waals surface area (Å²) in [6, 6.07) is 0.141. The SMILES string of the molecule is CC(N)CCCC(C)C(=O)N1CCC(NS(C)(=O)=O)CC1. The van der Waals surface area contributed by atoms with Crippen molar-refractivity contribution < 1.29 is 13.2 Å². The molecule has 3 N–H and O–H groups in total. The number of piperidine rings is 1. The highest BCUT2D eigenvalue weighted by atomic mass is 32.2. The number of hydrogen-bond acceptors (Lipinski definition) is 4. The second kappa shape index (κ2) is 8.10. The van der Waals surface area contributed by atoms with Crippen molar-refractivity contribution >= 4 is 15.9 Å². The third-order valence-electron chi connectivity index (χ3n) is 3.91. The van der Waals surface area contributed by atoms with E-state index in [1.54, 1.807) is 0 Å². The fourth-order valence-electron chi connectivity index (χ4n) is 2.70. The van der Waals surface area contributed by atoms with Crippen molar-refractivity contribution in [2.45, 2.75) is 58.0 Å². The number of carbonyl (C=O) groups is 1. The van der Waals surface area contributed by atoms with E-state index in [0.29, 0.717) is 25.9 Å². The summed E-state index contributed by atoms with van der Waals surface area (Å²) >= 11 is 0. The van der Waals surface area contributed by atoms with Crippen LogP contribution in [-0.4, -0.2) is 50.7 Å². The predicted molar refractivity (Wildman–Crippen MR) is 84.2 cm³/mol. The Bertz CT molecular complexity index is 429. The molecule has 6 nitrogen and oxygen atoms in total. The fraction of sp³-hybridized carbons (Fsp3) is 0.929. The van der Waals surface area contributed by atoms with Gasteiger partial charge in [0.25, 0.3) is 0 Å². The second-order valence-corrected chi connectivity index (χ2v) is 8.08. The van der Waals surface area contributed by atoms with Gasteiger partial charge in [0.05, 0.1) is 6.26 Å². The molecule has 1 saturated heterocycles. The minimum atomic E-state index is -3.16. The Hall–Kier alpha value is -0.660. The number of likely N-dealkylation sites (tertiary alicyclic amines) is 1. The minimum Gasteiger partial charge on any atom is -0.342 e. The Kier molecular flexibility index (Phi) is 7.09. The summed E-state index contributed by atoms with van der Waals surface area (Å²) < 4.78 is 25.0. The van der Waals surface area contributed by atoms with Crippen LogP contribution in [0.15, 0.2) is 0 Å². The topological polar surface area (TPSA) is 92.5 Å². The molecule has 1 heterocycles. The molecule has 1 aliphatic rings. The van der Waals surface area contributed by atoms with Crippen LogP contribution < -0.4 is 10.5 Å². The molecule has 0 aromatic carbocycles. The predicted octanol–water partition coefficient (Wildman–Crippen LogP) is 0.680. The first-order valence-corrected chi connectivity index (χ1v) is 9.60. The molecule has 0 aromatic rings. The lowest BCUT2D eigenvalue weighted by Crippen LogP contribution is -2.47. The van der Waals surface area contributed by atoms with Gasteiger partial charge in [-0.1, -0.05) is 13.3 Å². The quantitative estimate of drug-likeness (QED) is 0.722. The lowest BCUT2D eigenvalue weighted by atomic mass is 9.98. The maximum Gasteiger partial charge on any atom is 0.225 e. The number of nitrogens with one attached hydrogen (secondary N) is 1. The summed E-state index contributed by atoms with van der Waals surface area (Å²) in [5, 5.41) is 0. The number of sulfonamides is 1. The number of rotatable bonds is 7. The van der Waals surface area contributed by atoms with Gasteiger partial charge in [0.2, 0.25) is 15.9 Å². The lowest BCUT2D eigenvalue weighted by molar-refractivity contribution is -0.136. The van der Waals surface area contributed by atoms with Crippen molar-refractivity contribution in [1.29, 1.82) is 0 Å². The van der Waals surface area contributed by atoms with Gasteiger partial charge in [-0.3, -0.25) is 4.79 Å². The molecule has 2 atom stereocenters. The Labute approximate surface area is 128 Å². The van der Waals surface area contributed by atoms with Crippen molar-refractivity contribution in [3.05, 3.63) is 0 Å². The van der Waals surface area contributed by atoms with E-state index in [1.807, 2.05) is 18.7 Å². The van der Waals surface area contributed by atoms with Gasteiger partial charge in [-0.2, -0.15) is 0 Å². The molecule has 0 spiro atoms. The second-order valence-electron chi connectivity index (χ2n) is 6.30. The number of nitrogens with zero attached hydrogens (tertiary/aromatic N) is 1. The molecule has 0 radical (unpaired) electrons. The van der Waals surface area contributed by atoms with Gasteiger partial charge >= 0.3 is 0 Å². The molecule has 0 saturated carbocycles. The third-order valence-corrected chi connectivity index (χ3v) is 4.67. The molecule has 124 valence electrons. The van der Waals surface area contributed by atoms with E-state index < -0.39 is 10.0 Å². The van der Waals surface area contributed by atoms with Crippen molar-refractivity contribution in [3.63, 3.8) is 0 Å². The first-order valence-electron chi connectivity index (χ1n) is 7.70. The summed E-state index contributed by atoms with van der Waals surface area (Å²) in [4.78, 5) is 14.2. The van der Waals surface area contributed by atoms with Crippen LogP contribution in [0.1, 0.15) is 46.0 Å². The van der Waals surface area contributed by atoms with Crippen LogP contribution >= 0.6 is 0 Å². The van der Waals surface area contributed by atoms with Crippen LogP contribution in [0.5, 0.6) is 0 Å². The highest BCUT2D eigenvalue weighted by Crippen LogP contribution is 2.17. The third kappa shape index (κ3) is 7.24.